The van der Waals surface area contributed by atoms with E-state index in [2.05, 4.69) is 15.3 Å². The van der Waals surface area contributed by atoms with Gasteiger partial charge in [-0.15, -0.1) is 0 Å². The number of nitrogens with one attached hydrogen (secondary N) is 1. The van der Waals surface area contributed by atoms with Crippen molar-refractivity contribution in [3.63, 3.8) is 0 Å². The van der Waals surface area contributed by atoms with E-state index >= 15 is 0 Å². The molecule has 1 aromatic carbocycles. The summed E-state index contributed by atoms with van der Waals surface area (Å²) in [6, 6.07) is 11.6. The number of carbonyl (C=O) groups is 1. The predicted octanol–water partition coefficient (Wildman–Crippen LogP) is 3.67. The van der Waals surface area contributed by atoms with Crippen LogP contribution in [0.25, 0.3) is 11.4 Å². The number of rotatable bonds is 5. The second kappa shape index (κ2) is 6.75. The van der Waals surface area contributed by atoms with Gasteiger partial charge in [0.1, 0.15) is 5.82 Å². The number of hydrogen-bond acceptors (Lipinski definition) is 3. The van der Waals surface area contributed by atoms with E-state index in [1.165, 1.54) is 0 Å². The number of hydrogen-bond donors (Lipinski definition) is 1. The Morgan fingerprint density at radius 2 is 1.92 bits per heavy atom. The number of amides is 1. The van der Waals surface area contributed by atoms with Crippen molar-refractivity contribution in [2.24, 2.45) is 13.0 Å². The van der Waals surface area contributed by atoms with Crippen LogP contribution in [0.2, 0.25) is 0 Å². The standard InChI is InChI=1S/C21H22N4O/c1-14-4-3-11-22-18(14)19(15-5-6-15)24-21(26)17-9-7-16(8-10-17)20-23-12-13-25(20)2/h3-4,7-13,15,19H,5-6H2,1-2H3,(H,24,26)/t19-/m0/s1. The van der Waals surface area contributed by atoms with E-state index in [0.717, 1.165) is 35.5 Å². The summed E-state index contributed by atoms with van der Waals surface area (Å²) < 4.78 is 1.96. The number of aromatic nitrogens is 3. The van der Waals surface area contributed by atoms with E-state index in [4.69, 9.17) is 0 Å². The molecule has 3 aromatic rings. The highest BCUT2D eigenvalue weighted by Crippen LogP contribution is 2.41. The molecule has 2 aromatic heterocycles. The maximum Gasteiger partial charge on any atom is 0.251 e. The lowest BCUT2D eigenvalue weighted by Crippen LogP contribution is -2.31. The van der Waals surface area contributed by atoms with Gasteiger partial charge in [-0.1, -0.05) is 18.2 Å². The van der Waals surface area contributed by atoms with Crippen molar-refractivity contribution in [2.75, 3.05) is 0 Å². The summed E-state index contributed by atoms with van der Waals surface area (Å²) in [5, 5.41) is 3.20. The molecule has 0 bridgehead atoms. The number of aryl methyl sites for hydroxylation is 2. The summed E-state index contributed by atoms with van der Waals surface area (Å²) in [5.41, 5.74) is 3.75. The summed E-state index contributed by atoms with van der Waals surface area (Å²) in [6.07, 6.45) is 7.75. The Morgan fingerprint density at radius 3 is 2.54 bits per heavy atom. The molecule has 4 rings (SSSR count). The van der Waals surface area contributed by atoms with Crippen molar-refractivity contribution < 1.29 is 4.79 Å². The molecule has 132 valence electrons. The molecule has 0 aliphatic heterocycles. The van der Waals surface area contributed by atoms with Gasteiger partial charge in [0.25, 0.3) is 5.91 Å². The first kappa shape index (κ1) is 16.5. The van der Waals surface area contributed by atoms with Crippen LogP contribution in [-0.4, -0.2) is 20.4 Å². The van der Waals surface area contributed by atoms with Gasteiger partial charge >= 0.3 is 0 Å². The van der Waals surface area contributed by atoms with Crippen molar-refractivity contribution in [2.45, 2.75) is 25.8 Å². The van der Waals surface area contributed by atoms with Crippen molar-refractivity contribution in [3.8, 4) is 11.4 Å². The topological polar surface area (TPSA) is 59.8 Å². The summed E-state index contributed by atoms with van der Waals surface area (Å²) in [7, 11) is 1.96. The monoisotopic (exact) mass is 346 g/mol. The van der Waals surface area contributed by atoms with Crippen LogP contribution in [0.15, 0.2) is 55.0 Å². The first-order valence-electron chi connectivity index (χ1n) is 8.93. The van der Waals surface area contributed by atoms with E-state index in [0.29, 0.717) is 11.5 Å². The fourth-order valence-electron chi connectivity index (χ4n) is 3.30. The molecule has 26 heavy (non-hydrogen) atoms. The fraction of sp³-hybridized carbons (Fsp3) is 0.286. The van der Waals surface area contributed by atoms with Gasteiger partial charge in [-0.3, -0.25) is 9.78 Å². The van der Waals surface area contributed by atoms with Crippen LogP contribution >= 0.6 is 0 Å². The zero-order valence-electron chi connectivity index (χ0n) is 15.0. The van der Waals surface area contributed by atoms with Crippen LogP contribution in [-0.2, 0) is 7.05 Å². The van der Waals surface area contributed by atoms with Gasteiger partial charge in [0.15, 0.2) is 0 Å². The first-order valence-corrected chi connectivity index (χ1v) is 8.93. The lowest BCUT2D eigenvalue weighted by Gasteiger charge is -2.19. The third kappa shape index (κ3) is 3.25. The summed E-state index contributed by atoms with van der Waals surface area (Å²) in [6.45, 7) is 2.05. The van der Waals surface area contributed by atoms with Crippen molar-refractivity contribution >= 4 is 5.91 Å². The molecule has 1 fully saturated rings. The maximum absolute atomic E-state index is 12.8. The SMILES string of the molecule is Cc1cccnc1[C@@H](NC(=O)c1ccc(-c2nccn2C)cc1)C1CC1. The molecule has 5 heteroatoms. The van der Waals surface area contributed by atoms with Gasteiger partial charge in [0.2, 0.25) is 0 Å². The highest BCUT2D eigenvalue weighted by atomic mass is 16.1. The predicted molar refractivity (Wildman–Crippen MR) is 101 cm³/mol. The number of benzene rings is 1. The normalized spacial score (nSPS) is 14.8. The average Bonchev–Trinajstić information content (AvgIpc) is 3.41. The minimum atomic E-state index is -0.0571. The molecule has 1 aliphatic rings. The Labute approximate surface area is 153 Å². The van der Waals surface area contributed by atoms with Gasteiger partial charge in [0.05, 0.1) is 11.7 Å². The third-order valence-electron chi connectivity index (χ3n) is 4.95. The Balaban J connectivity index is 1.54. The van der Waals surface area contributed by atoms with E-state index < -0.39 is 0 Å². The van der Waals surface area contributed by atoms with E-state index in [9.17, 15) is 4.79 Å². The second-order valence-corrected chi connectivity index (χ2v) is 6.93. The molecule has 2 heterocycles. The third-order valence-corrected chi connectivity index (χ3v) is 4.95. The number of carbonyl (C=O) groups excluding carboxylic acids is 1. The molecule has 1 saturated carbocycles. The maximum atomic E-state index is 12.8. The number of imidazole rings is 1. The molecule has 0 unspecified atom stereocenters. The molecule has 0 saturated heterocycles. The van der Waals surface area contributed by atoms with Crippen molar-refractivity contribution in [1.82, 2.24) is 19.9 Å². The Hall–Kier alpha value is -2.95. The lowest BCUT2D eigenvalue weighted by molar-refractivity contribution is 0.0930. The van der Waals surface area contributed by atoms with Gasteiger partial charge < -0.3 is 9.88 Å². The second-order valence-electron chi connectivity index (χ2n) is 6.93. The molecular formula is C21H22N4O. The van der Waals surface area contributed by atoms with Gasteiger partial charge in [-0.05, 0) is 49.4 Å². The highest BCUT2D eigenvalue weighted by molar-refractivity contribution is 5.94. The van der Waals surface area contributed by atoms with Crippen LogP contribution < -0.4 is 5.32 Å². The van der Waals surface area contributed by atoms with Crippen LogP contribution in [0.1, 0.15) is 40.5 Å². The van der Waals surface area contributed by atoms with Crippen molar-refractivity contribution in [3.05, 3.63) is 71.8 Å². The van der Waals surface area contributed by atoms with E-state index in [1.54, 1.807) is 12.4 Å². The summed E-state index contributed by atoms with van der Waals surface area (Å²) in [5.74, 6) is 1.31. The summed E-state index contributed by atoms with van der Waals surface area (Å²) in [4.78, 5) is 21.6. The van der Waals surface area contributed by atoms with Crippen molar-refractivity contribution in [1.29, 1.82) is 0 Å². The Bertz CT molecular complexity index is 925. The zero-order valence-corrected chi connectivity index (χ0v) is 15.0. The molecule has 1 aliphatic carbocycles. The average molecular weight is 346 g/mol. The molecule has 5 nitrogen and oxygen atoms in total. The number of pyridine rings is 1. The van der Waals surface area contributed by atoms with Crippen LogP contribution in [0.3, 0.4) is 0 Å². The largest absolute Gasteiger partial charge is 0.343 e. The van der Waals surface area contributed by atoms with Gasteiger partial charge in [-0.25, -0.2) is 4.98 Å². The molecule has 1 atom stereocenters. The van der Waals surface area contributed by atoms with Gasteiger partial charge in [-0.2, -0.15) is 0 Å². The molecular weight excluding hydrogens is 324 g/mol. The highest BCUT2D eigenvalue weighted by Gasteiger charge is 2.35. The van der Waals surface area contributed by atoms with E-state index in [-0.39, 0.29) is 11.9 Å². The zero-order chi connectivity index (χ0) is 18.1. The lowest BCUT2D eigenvalue weighted by atomic mass is 10.0. The quantitative estimate of drug-likeness (QED) is 0.767. The Kier molecular flexibility index (Phi) is 4.29. The van der Waals surface area contributed by atoms with Crippen LogP contribution in [0.4, 0.5) is 0 Å². The van der Waals surface area contributed by atoms with Gasteiger partial charge in [0, 0.05) is 36.8 Å². The first-order chi connectivity index (χ1) is 12.6. The Morgan fingerprint density at radius 1 is 1.15 bits per heavy atom. The molecule has 1 amide bonds. The molecule has 0 radical (unpaired) electrons. The minimum absolute atomic E-state index is 0.0158. The van der Waals surface area contributed by atoms with Crippen LogP contribution in [0, 0.1) is 12.8 Å². The van der Waals surface area contributed by atoms with E-state index in [1.807, 2.05) is 61.1 Å². The van der Waals surface area contributed by atoms with Crippen LogP contribution in [0.5, 0.6) is 0 Å². The smallest absolute Gasteiger partial charge is 0.251 e. The number of nitrogens with zero attached hydrogens (tertiary/aromatic N) is 3. The summed E-state index contributed by atoms with van der Waals surface area (Å²) >= 11 is 0. The minimum Gasteiger partial charge on any atom is -0.343 e. The molecule has 1 N–H and O–H groups in total. The fourth-order valence-corrected chi connectivity index (χ4v) is 3.30. The molecule has 0 spiro atoms.